The van der Waals surface area contributed by atoms with Crippen molar-refractivity contribution in [1.29, 1.82) is 0 Å². The Hall–Kier alpha value is -2.50. The third kappa shape index (κ3) is 2.20. The van der Waals surface area contributed by atoms with Gasteiger partial charge in [-0.1, -0.05) is 23.4 Å². The van der Waals surface area contributed by atoms with Gasteiger partial charge in [0.15, 0.2) is 0 Å². The van der Waals surface area contributed by atoms with E-state index in [1.54, 1.807) is 24.3 Å². The molecule has 1 aromatic heterocycles. The molecule has 0 spiro atoms. The number of para-hydroxylation sites is 1. The van der Waals surface area contributed by atoms with Gasteiger partial charge >= 0.3 is 0 Å². The third-order valence-corrected chi connectivity index (χ3v) is 2.13. The van der Waals surface area contributed by atoms with Crippen LogP contribution in [-0.4, -0.2) is 15.1 Å². The Kier molecular flexibility index (Phi) is 2.95. The van der Waals surface area contributed by atoms with Crippen molar-refractivity contribution in [2.24, 2.45) is 0 Å². The summed E-state index contributed by atoms with van der Waals surface area (Å²) >= 11 is 0. The molecule has 0 aliphatic carbocycles. The van der Waals surface area contributed by atoms with Crippen molar-refractivity contribution in [3.63, 3.8) is 0 Å². The van der Waals surface area contributed by atoms with E-state index < -0.39 is 4.92 Å². The van der Waals surface area contributed by atoms with Gasteiger partial charge in [0.1, 0.15) is 5.56 Å². The standard InChI is InChI=1S/C11H9N3O3/c1-2-5-10-12-11(13-17-10)8-6-3-4-7-9(8)14(15)16/h2-4,6-7H,1,5H2. The van der Waals surface area contributed by atoms with Gasteiger partial charge in [0.2, 0.25) is 11.7 Å². The van der Waals surface area contributed by atoms with E-state index in [0.29, 0.717) is 17.9 Å². The summed E-state index contributed by atoms with van der Waals surface area (Å²) in [6.45, 7) is 3.55. The molecule has 86 valence electrons. The first-order valence-electron chi connectivity index (χ1n) is 4.89. The van der Waals surface area contributed by atoms with Gasteiger partial charge in [0.25, 0.3) is 5.69 Å². The third-order valence-electron chi connectivity index (χ3n) is 2.13. The average Bonchev–Trinajstić information content (AvgIpc) is 2.78. The number of benzene rings is 1. The monoisotopic (exact) mass is 231 g/mol. The van der Waals surface area contributed by atoms with Gasteiger partial charge in [-0.3, -0.25) is 10.1 Å². The number of rotatable bonds is 4. The van der Waals surface area contributed by atoms with Gasteiger partial charge in [-0.15, -0.1) is 6.58 Å². The van der Waals surface area contributed by atoms with Crippen LogP contribution in [-0.2, 0) is 6.42 Å². The lowest BCUT2D eigenvalue weighted by Gasteiger charge is -1.95. The van der Waals surface area contributed by atoms with Crippen molar-refractivity contribution >= 4 is 5.69 Å². The Morgan fingerprint density at radius 3 is 2.94 bits per heavy atom. The zero-order valence-corrected chi connectivity index (χ0v) is 8.87. The molecule has 0 amide bonds. The van der Waals surface area contributed by atoms with E-state index in [9.17, 15) is 10.1 Å². The van der Waals surface area contributed by atoms with Gasteiger partial charge in [0.05, 0.1) is 4.92 Å². The Bertz CT molecular complexity index is 563. The van der Waals surface area contributed by atoms with Crippen LogP contribution >= 0.6 is 0 Å². The fourth-order valence-corrected chi connectivity index (χ4v) is 1.39. The summed E-state index contributed by atoms with van der Waals surface area (Å²) in [4.78, 5) is 14.4. The fourth-order valence-electron chi connectivity index (χ4n) is 1.39. The normalized spacial score (nSPS) is 10.1. The lowest BCUT2D eigenvalue weighted by molar-refractivity contribution is -0.384. The molecule has 1 heterocycles. The van der Waals surface area contributed by atoms with Crippen LogP contribution in [0, 0.1) is 10.1 Å². The van der Waals surface area contributed by atoms with Crippen LogP contribution in [0.1, 0.15) is 5.89 Å². The summed E-state index contributed by atoms with van der Waals surface area (Å²) in [6, 6.07) is 6.26. The minimum absolute atomic E-state index is 0.0431. The van der Waals surface area contributed by atoms with E-state index in [4.69, 9.17) is 4.52 Å². The molecule has 2 aromatic rings. The highest BCUT2D eigenvalue weighted by atomic mass is 16.6. The first kappa shape index (κ1) is 11.0. The maximum atomic E-state index is 10.8. The zero-order valence-electron chi connectivity index (χ0n) is 8.87. The summed E-state index contributed by atoms with van der Waals surface area (Å²) < 4.78 is 4.94. The van der Waals surface area contributed by atoms with E-state index in [0.717, 1.165) is 0 Å². The number of hydrogen-bond acceptors (Lipinski definition) is 5. The molecule has 1 aromatic carbocycles. The predicted molar refractivity (Wildman–Crippen MR) is 60.3 cm³/mol. The predicted octanol–water partition coefficient (Wildman–Crippen LogP) is 2.37. The molecule has 0 unspecified atom stereocenters. The fraction of sp³-hybridized carbons (Fsp3) is 0.0909. The van der Waals surface area contributed by atoms with Gasteiger partial charge in [0, 0.05) is 12.5 Å². The number of nitrogens with zero attached hydrogens (tertiary/aromatic N) is 3. The first-order chi connectivity index (χ1) is 8.22. The van der Waals surface area contributed by atoms with E-state index in [-0.39, 0.29) is 11.5 Å². The summed E-state index contributed by atoms with van der Waals surface area (Å²) in [5.41, 5.74) is 0.301. The average molecular weight is 231 g/mol. The van der Waals surface area contributed by atoms with Gasteiger partial charge in [-0.25, -0.2) is 0 Å². The number of nitro groups is 1. The largest absolute Gasteiger partial charge is 0.339 e. The second-order valence-corrected chi connectivity index (χ2v) is 3.28. The first-order valence-corrected chi connectivity index (χ1v) is 4.89. The Morgan fingerprint density at radius 1 is 1.47 bits per heavy atom. The Balaban J connectivity index is 2.44. The second-order valence-electron chi connectivity index (χ2n) is 3.28. The number of nitro benzene ring substituents is 1. The molecule has 2 rings (SSSR count). The second kappa shape index (κ2) is 4.56. The highest BCUT2D eigenvalue weighted by molar-refractivity contribution is 5.67. The molecule has 0 atom stereocenters. The molecule has 0 radical (unpaired) electrons. The Morgan fingerprint density at radius 2 is 2.24 bits per heavy atom. The van der Waals surface area contributed by atoms with Gasteiger partial charge in [-0.05, 0) is 6.07 Å². The van der Waals surface area contributed by atoms with Crippen LogP contribution in [0.4, 0.5) is 5.69 Å². The number of hydrogen-bond donors (Lipinski definition) is 0. The van der Waals surface area contributed by atoms with Crippen LogP contribution in [0.2, 0.25) is 0 Å². The van der Waals surface area contributed by atoms with Crippen LogP contribution in [0.3, 0.4) is 0 Å². The minimum Gasteiger partial charge on any atom is -0.339 e. The molecule has 0 saturated carbocycles. The molecular weight excluding hydrogens is 222 g/mol. The van der Waals surface area contributed by atoms with Crippen LogP contribution in [0.15, 0.2) is 41.4 Å². The maximum Gasteiger partial charge on any atom is 0.280 e. The van der Waals surface area contributed by atoms with Crippen molar-refractivity contribution in [3.8, 4) is 11.4 Å². The van der Waals surface area contributed by atoms with Crippen molar-refractivity contribution in [2.75, 3.05) is 0 Å². The molecule has 6 heteroatoms. The van der Waals surface area contributed by atoms with E-state index in [1.807, 2.05) is 0 Å². The smallest absolute Gasteiger partial charge is 0.280 e. The lowest BCUT2D eigenvalue weighted by Crippen LogP contribution is -1.92. The SMILES string of the molecule is C=CCc1nc(-c2ccccc2[N+](=O)[O-])no1. The summed E-state index contributed by atoms with van der Waals surface area (Å²) in [6.07, 6.45) is 2.06. The maximum absolute atomic E-state index is 10.8. The van der Waals surface area contributed by atoms with E-state index in [1.165, 1.54) is 6.07 Å². The quantitative estimate of drug-likeness (QED) is 0.458. The van der Waals surface area contributed by atoms with E-state index >= 15 is 0 Å². The molecule has 0 aliphatic heterocycles. The summed E-state index contributed by atoms with van der Waals surface area (Å²) in [5, 5.41) is 14.5. The molecule has 17 heavy (non-hydrogen) atoms. The summed E-state index contributed by atoms with van der Waals surface area (Å²) in [7, 11) is 0. The topological polar surface area (TPSA) is 82.1 Å². The molecule has 0 bridgehead atoms. The number of aromatic nitrogens is 2. The summed E-state index contributed by atoms with van der Waals surface area (Å²) in [5.74, 6) is 0.599. The minimum atomic E-state index is -0.473. The van der Waals surface area contributed by atoms with Crippen molar-refractivity contribution in [1.82, 2.24) is 10.1 Å². The molecule has 0 saturated heterocycles. The number of allylic oxidation sites excluding steroid dienone is 1. The van der Waals surface area contributed by atoms with Crippen LogP contribution in [0.25, 0.3) is 11.4 Å². The lowest BCUT2D eigenvalue weighted by atomic mass is 10.2. The molecule has 0 N–H and O–H groups in total. The van der Waals surface area contributed by atoms with E-state index in [2.05, 4.69) is 16.7 Å². The highest BCUT2D eigenvalue weighted by Crippen LogP contribution is 2.26. The van der Waals surface area contributed by atoms with Crippen molar-refractivity contribution < 1.29 is 9.45 Å². The highest BCUT2D eigenvalue weighted by Gasteiger charge is 2.18. The molecule has 6 nitrogen and oxygen atoms in total. The van der Waals surface area contributed by atoms with Crippen molar-refractivity contribution in [2.45, 2.75) is 6.42 Å². The molecular formula is C11H9N3O3. The van der Waals surface area contributed by atoms with Crippen LogP contribution < -0.4 is 0 Å². The van der Waals surface area contributed by atoms with Crippen molar-refractivity contribution in [3.05, 3.63) is 52.9 Å². The Labute approximate surface area is 96.7 Å². The van der Waals surface area contributed by atoms with Gasteiger partial charge in [-0.2, -0.15) is 4.98 Å². The van der Waals surface area contributed by atoms with Crippen LogP contribution in [0.5, 0.6) is 0 Å². The zero-order chi connectivity index (χ0) is 12.3. The molecule has 0 aliphatic rings. The van der Waals surface area contributed by atoms with Gasteiger partial charge < -0.3 is 4.52 Å². The molecule has 0 fully saturated rings.